The molecule has 1 aliphatic carbocycles. The van der Waals surface area contributed by atoms with E-state index in [1.807, 2.05) is 30.9 Å². The molecule has 0 unspecified atom stereocenters. The van der Waals surface area contributed by atoms with Crippen LogP contribution in [0.15, 0.2) is 34.8 Å². The van der Waals surface area contributed by atoms with Crippen molar-refractivity contribution in [3.63, 3.8) is 0 Å². The number of ether oxygens (including phenoxy) is 2. The van der Waals surface area contributed by atoms with Gasteiger partial charge in [0.1, 0.15) is 5.75 Å². The monoisotopic (exact) mass is 563 g/mol. The summed E-state index contributed by atoms with van der Waals surface area (Å²) in [6.07, 6.45) is 1.47. The van der Waals surface area contributed by atoms with Gasteiger partial charge in [-0.3, -0.25) is 4.79 Å². The number of fused-ring (bicyclic) bond motifs is 3. The Hall–Kier alpha value is -2.06. The predicted octanol–water partition coefficient (Wildman–Crippen LogP) is 5.97. The molecule has 1 aliphatic heterocycles. The smallest absolute Gasteiger partial charge is 0.275 e. The molecule has 6 nitrogen and oxygen atoms in total. The van der Waals surface area contributed by atoms with E-state index in [-0.39, 0.29) is 5.91 Å². The fourth-order valence-corrected chi connectivity index (χ4v) is 5.81. The van der Waals surface area contributed by atoms with E-state index in [0.29, 0.717) is 47.6 Å². The van der Waals surface area contributed by atoms with Crippen LogP contribution in [0.4, 0.5) is 0 Å². The van der Waals surface area contributed by atoms with Crippen LogP contribution in [0, 0.1) is 0 Å². The van der Waals surface area contributed by atoms with Crippen molar-refractivity contribution in [3.8, 4) is 22.7 Å². The molecule has 178 valence electrons. The van der Waals surface area contributed by atoms with E-state index in [0.717, 1.165) is 39.0 Å². The van der Waals surface area contributed by atoms with Crippen LogP contribution in [0.25, 0.3) is 16.9 Å². The molecule has 34 heavy (non-hydrogen) atoms. The Bertz CT molecular complexity index is 1280. The highest BCUT2D eigenvalue weighted by atomic mass is 79.9. The summed E-state index contributed by atoms with van der Waals surface area (Å²) >= 11 is 16.3. The number of halogens is 3. The second-order valence-corrected chi connectivity index (χ2v) is 10.9. The van der Waals surface area contributed by atoms with Crippen molar-refractivity contribution in [1.82, 2.24) is 14.7 Å². The molecule has 0 atom stereocenters. The summed E-state index contributed by atoms with van der Waals surface area (Å²) in [4.78, 5) is 15.7. The summed E-state index contributed by atoms with van der Waals surface area (Å²) in [5.41, 5.74) is 4.66. The summed E-state index contributed by atoms with van der Waals surface area (Å²) in [7, 11) is 1.65. The van der Waals surface area contributed by atoms with E-state index >= 15 is 0 Å². The molecule has 1 amide bonds. The van der Waals surface area contributed by atoms with Gasteiger partial charge in [-0.05, 0) is 78.5 Å². The Morgan fingerprint density at radius 3 is 2.56 bits per heavy atom. The minimum atomic E-state index is -0.422. The molecule has 0 saturated carbocycles. The minimum Gasteiger partial charge on any atom is -0.496 e. The third kappa shape index (κ3) is 4.02. The van der Waals surface area contributed by atoms with Crippen molar-refractivity contribution in [2.45, 2.75) is 32.2 Å². The van der Waals surface area contributed by atoms with Gasteiger partial charge in [-0.2, -0.15) is 5.10 Å². The topological polar surface area (TPSA) is 56.6 Å². The Labute approximate surface area is 216 Å². The number of benzene rings is 2. The Morgan fingerprint density at radius 1 is 1.15 bits per heavy atom. The van der Waals surface area contributed by atoms with E-state index in [1.165, 1.54) is 0 Å². The highest BCUT2D eigenvalue weighted by molar-refractivity contribution is 9.10. The summed E-state index contributed by atoms with van der Waals surface area (Å²) in [5.74, 6) is 0.679. The van der Waals surface area contributed by atoms with Crippen molar-refractivity contribution >= 4 is 45.0 Å². The molecule has 0 bridgehead atoms. The Morgan fingerprint density at radius 2 is 1.88 bits per heavy atom. The maximum absolute atomic E-state index is 13.9. The molecule has 2 aromatic carbocycles. The summed E-state index contributed by atoms with van der Waals surface area (Å²) < 4.78 is 13.8. The highest BCUT2D eigenvalue weighted by Crippen LogP contribution is 2.42. The lowest BCUT2D eigenvalue weighted by atomic mass is 9.88. The molecular weight excluding hydrogens is 541 g/mol. The Balaban J connectivity index is 1.73. The van der Waals surface area contributed by atoms with Gasteiger partial charge < -0.3 is 14.4 Å². The number of morpholine rings is 1. The minimum absolute atomic E-state index is 0.0903. The Kier molecular flexibility index (Phi) is 6.17. The molecule has 0 N–H and O–H groups in total. The number of carbonyl (C=O) groups is 1. The molecule has 0 spiro atoms. The lowest BCUT2D eigenvalue weighted by Gasteiger charge is -2.41. The van der Waals surface area contributed by atoms with E-state index in [2.05, 4.69) is 15.9 Å². The summed E-state index contributed by atoms with van der Waals surface area (Å²) in [5, 5.41) is 5.88. The van der Waals surface area contributed by atoms with Gasteiger partial charge in [-0.1, -0.05) is 23.2 Å². The summed E-state index contributed by atoms with van der Waals surface area (Å²) in [6.45, 7) is 5.56. The molecule has 2 heterocycles. The largest absolute Gasteiger partial charge is 0.496 e. The van der Waals surface area contributed by atoms with Crippen LogP contribution in [-0.2, 0) is 17.6 Å². The summed E-state index contributed by atoms with van der Waals surface area (Å²) in [6, 6.07) is 9.36. The van der Waals surface area contributed by atoms with Crippen LogP contribution in [-0.4, -0.2) is 53.0 Å². The second kappa shape index (κ2) is 8.86. The van der Waals surface area contributed by atoms with Gasteiger partial charge in [0, 0.05) is 27.7 Å². The van der Waals surface area contributed by atoms with Crippen molar-refractivity contribution in [2.75, 3.05) is 26.9 Å². The molecule has 0 radical (unpaired) electrons. The highest BCUT2D eigenvalue weighted by Gasteiger charge is 2.38. The van der Waals surface area contributed by atoms with Crippen molar-refractivity contribution in [3.05, 3.63) is 61.7 Å². The van der Waals surface area contributed by atoms with Gasteiger partial charge in [0.05, 0.1) is 41.7 Å². The van der Waals surface area contributed by atoms with Crippen LogP contribution in [0.2, 0.25) is 10.0 Å². The first-order chi connectivity index (χ1) is 16.2. The third-order valence-corrected chi connectivity index (χ3v) is 7.50. The zero-order valence-electron chi connectivity index (χ0n) is 19.1. The number of hydrogen-bond acceptors (Lipinski definition) is 4. The fraction of sp³-hybridized carbons (Fsp3) is 0.360. The van der Waals surface area contributed by atoms with Gasteiger partial charge >= 0.3 is 0 Å². The first kappa shape index (κ1) is 23.7. The lowest BCUT2D eigenvalue weighted by molar-refractivity contribution is -0.0373. The number of aromatic nitrogens is 2. The molecule has 2 aliphatic rings. The molecule has 9 heteroatoms. The number of aryl methyl sites for hydroxylation is 1. The van der Waals surface area contributed by atoms with Crippen molar-refractivity contribution in [2.24, 2.45) is 0 Å². The first-order valence-corrected chi connectivity index (χ1v) is 12.6. The third-order valence-electron chi connectivity index (χ3n) is 6.45. The van der Waals surface area contributed by atoms with Crippen molar-refractivity contribution in [1.29, 1.82) is 0 Å². The molecular formula is C25H24BrCl2N3O3. The van der Waals surface area contributed by atoms with Crippen LogP contribution < -0.4 is 4.74 Å². The SMILES string of the molecule is COc1cc2c(cc1Br)-c1c(c(C(=O)N3CCOCC3(C)C)nn1-c1cc(Cl)cc(Cl)c1)CC2. The number of carbonyl (C=O) groups excluding carboxylic acids is 1. The van der Waals surface area contributed by atoms with Crippen molar-refractivity contribution < 1.29 is 14.3 Å². The zero-order valence-corrected chi connectivity index (χ0v) is 22.2. The normalized spacial score (nSPS) is 16.7. The van der Waals surface area contributed by atoms with Gasteiger partial charge in [0.2, 0.25) is 0 Å². The van der Waals surface area contributed by atoms with E-state index in [4.69, 9.17) is 37.8 Å². The van der Waals surface area contributed by atoms with Gasteiger partial charge in [-0.25, -0.2) is 4.68 Å². The maximum Gasteiger partial charge on any atom is 0.275 e. The number of nitrogens with zero attached hydrogens (tertiary/aromatic N) is 3. The quantitative estimate of drug-likeness (QED) is 0.393. The molecule has 5 rings (SSSR count). The average Bonchev–Trinajstić information content (AvgIpc) is 3.17. The predicted molar refractivity (Wildman–Crippen MR) is 137 cm³/mol. The van der Waals surface area contributed by atoms with Crippen LogP contribution in [0.5, 0.6) is 5.75 Å². The first-order valence-electron chi connectivity index (χ1n) is 11.0. The number of rotatable bonds is 3. The maximum atomic E-state index is 13.9. The zero-order chi connectivity index (χ0) is 24.2. The van der Waals surface area contributed by atoms with Crippen LogP contribution >= 0.6 is 39.1 Å². The molecule has 1 fully saturated rings. The molecule has 1 saturated heterocycles. The van der Waals surface area contributed by atoms with Gasteiger partial charge in [0.15, 0.2) is 5.69 Å². The van der Waals surface area contributed by atoms with Crippen LogP contribution in [0.1, 0.15) is 35.5 Å². The average molecular weight is 565 g/mol. The molecule has 3 aromatic rings. The van der Waals surface area contributed by atoms with Gasteiger partial charge in [0.25, 0.3) is 5.91 Å². The molecule has 1 aromatic heterocycles. The van der Waals surface area contributed by atoms with E-state index < -0.39 is 5.54 Å². The van der Waals surface area contributed by atoms with E-state index in [1.54, 1.807) is 30.0 Å². The van der Waals surface area contributed by atoms with E-state index in [9.17, 15) is 4.79 Å². The number of methoxy groups -OCH3 is 1. The standard InChI is InChI=1S/C25H24BrCl2N3O3/c1-25(2)13-34-7-6-30(25)24(32)22-18-5-4-14-8-21(33-3)20(26)12-19(14)23(18)31(29-22)17-10-15(27)9-16(28)11-17/h8-12H,4-7,13H2,1-3H3. The van der Waals surface area contributed by atoms with Gasteiger partial charge in [-0.15, -0.1) is 0 Å². The number of hydrogen-bond donors (Lipinski definition) is 0. The van der Waals surface area contributed by atoms with Crippen LogP contribution in [0.3, 0.4) is 0 Å². The second-order valence-electron chi connectivity index (χ2n) is 9.18. The lowest BCUT2D eigenvalue weighted by Crippen LogP contribution is -2.55. The number of amides is 1. The fourth-order valence-electron chi connectivity index (χ4n) is 4.79.